The molecule has 0 saturated carbocycles. The van der Waals surface area contributed by atoms with Gasteiger partial charge in [0.25, 0.3) is 0 Å². The Labute approximate surface area is 110 Å². The van der Waals surface area contributed by atoms with Gasteiger partial charge in [-0.25, -0.2) is 0 Å². The molecule has 0 aromatic carbocycles. The summed E-state index contributed by atoms with van der Waals surface area (Å²) in [5, 5.41) is 0. The number of methoxy groups -OCH3 is 1. The Morgan fingerprint density at radius 2 is 2.33 bits per heavy atom. The van der Waals surface area contributed by atoms with Gasteiger partial charge in [0.05, 0.1) is 13.2 Å². The normalized spacial score (nSPS) is 23.1. The number of nitrogens with zero attached hydrogens (tertiary/aromatic N) is 1. The van der Waals surface area contributed by atoms with E-state index in [0.29, 0.717) is 12.5 Å². The van der Waals surface area contributed by atoms with E-state index in [9.17, 15) is 4.79 Å². The van der Waals surface area contributed by atoms with Gasteiger partial charge < -0.3 is 20.1 Å². The van der Waals surface area contributed by atoms with Crippen molar-refractivity contribution in [2.24, 2.45) is 5.73 Å². The van der Waals surface area contributed by atoms with Crippen LogP contribution in [0.5, 0.6) is 0 Å². The number of rotatable bonds is 7. The molecule has 1 saturated heterocycles. The predicted molar refractivity (Wildman–Crippen MR) is 70.3 cm³/mol. The Morgan fingerprint density at radius 1 is 1.61 bits per heavy atom. The van der Waals surface area contributed by atoms with Gasteiger partial charge in [0.1, 0.15) is 5.54 Å². The molecule has 1 aliphatic heterocycles. The van der Waals surface area contributed by atoms with Crippen LogP contribution in [0.25, 0.3) is 0 Å². The van der Waals surface area contributed by atoms with Crippen molar-refractivity contribution in [1.82, 2.24) is 4.90 Å². The van der Waals surface area contributed by atoms with E-state index in [2.05, 4.69) is 16.7 Å². The first-order chi connectivity index (χ1) is 8.45. The number of carbonyl (C=O) groups excluding carboxylic acids is 1. The lowest BCUT2D eigenvalue weighted by atomic mass is 9.97. The number of likely N-dealkylation sites (N-methyl/N-ethyl adjacent to an activating group) is 1. The Hall–Kier alpha value is -0.650. The molecular weight excluding hydrogens is 232 g/mol. The second-order valence-corrected chi connectivity index (χ2v) is 5.41. The average molecular weight is 258 g/mol. The van der Waals surface area contributed by atoms with E-state index in [1.807, 2.05) is 0 Å². The first kappa shape index (κ1) is 15.4. The van der Waals surface area contributed by atoms with Crippen molar-refractivity contribution in [3.63, 3.8) is 0 Å². The first-order valence-electron chi connectivity index (χ1n) is 6.63. The lowest BCUT2D eigenvalue weighted by molar-refractivity contribution is -0.146. The van der Waals surface area contributed by atoms with Crippen LogP contribution in [0.4, 0.5) is 0 Å². The zero-order chi connectivity index (χ0) is 13.6. The van der Waals surface area contributed by atoms with Gasteiger partial charge in [-0.05, 0) is 46.2 Å². The van der Waals surface area contributed by atoms with Crippen LogP contribution in [-0.2, 0) is 14.3 Å². The van der Waals surface area contributed by atoms with Gasteiger partial charge in [0, 0.05) is 13.2 Å². The van der Waals surface area contributed by atoms with Crippen molar-refractivity contribution in [1.29, 1.82) is 0 Å². The number of hydrogen-bond acceptors (Lipinski definition) is 5. The van der Waals surface area contributed by atoms with Gasteiger partial charge in [-0.15, -0.1) is 0 Å². The molecule has 0 aromatic rings. The summed E-state index contributed by atoms with van der Waals surface area (Å²) in [6.45, 7) is 4.49. The summed E-state index contributed by atoms with van der Waals surface area (Å²) in [5.74, 6) is -0.343. The summed E-state index contributed by atoms with van der Waals surface area (Å²) < 4.78 is 10.3. The predicted octanol–water partition coefficient (Wildman–Crippen LogP) is 0.768. The second kappa shape index (κ2) is 7.07. The van der Waals surface area contributed by atoms with Gasteiger partial charge in [-0.3, -0.25) is 4.79 Å². The fourth-order valence-electron chi connectivity index (χ4n) is 2.28. The van der Waals surface area contributed by atoms with Crippen molar-refractivity contribution in [2.75, 3.05) is 33.9 Å². The molecule has 1 heterocycles. The van der Waals surface area contributed by atoms with Gasteiger partial charge in [-0.2, -0.15) is 0 Å². The zero-order valence-electron chi connectivity index (χ0n) is 11.8. The number of ether oxygens (including phenoxy) is 2. The maximum atomic E-state index is 11.4. The van der Waals surface area contributed by atoms with E-state index in [4.69, 9.17) is 10.5 Å². The van der Waals surface area contributed by atoms with E-state index in [-0.39, 0.29) is 5.97 Å². The molecular formula is C13H26N2O3. The van der Waals surface area contributed by atoms with Crippen LogP contribution in [0.3, 0.4) is 0 Å². The van der Waals surface area contributed by atoms with Crippen LogP contribution >= 0.6 is 0 Å². The minimum atomic E-state index is -0.876. The maximum Gasteiger partial charge on any atom is 0.325 e. The third kappa shape index (κ3) is 4.92. The van der Waals surface area contributed by atoms with Crippen LogP contribution in [0.2, 0.25) is 0 Å². The summed E-state index contributed by atoms with van der Waals surface area (Å²) in [4.78, 5) is 13.6. The van der Waals surface area contributed by atoms with Gasteiger partial charge >= 0.3 is 5.97 Å². The molecule has 0 aromatic heterocycles. The Bertz CT molecular complexity index is 263. The minimum Gasteiger partial charge on any atom is -0.468 e. The van der Waals surface area contributed by atoms with Crippen molar-refractivity contribution in [3.8, 4) is 0 Å². The number of carbonyl (C=O) groups is 1. The molecule has 2 N–H and O–H groups in total. The quantitative estimate of drug-likeness (QED) is 0.683. The lowest BCUT2D eigenvalue weighted by Gasteiger charge is -2.24. The van der Waals surface area contributed by atoms with Crippen molar-refractivity contribution in [3.05, 3.63) is 0 Å². The van der Waals surface area contributed by atoms with Gasteiger partial charge in [0.15, 0.2) is 0 Å². The number of nitrogens with two attached hydrogens (primary N) is 1. The van der Waals surface area contributed by atoms with Gasteiger partial charge in [-0.1, -0.05) is 0 Å². The number of esters is 1. The van der Waals surface area contributed by atoms with E-state index in [1.165, 1.54) is 13.5 Å². The standard InChI is InChI=1S/C13H26N2O3/c1-13(14,12(16)17-3)7-5-8-15(2)10-11-6-4-9-18-11/h11H,4-10,14H2,1-3H3. The topological polar surface area (TPSA) is 64.8 Å². The van der Waals surface area contributed by atoms with Crippen molar-refractivity contribution < 1.29 is 14.3 Å². The summed E-state index contributed by atoms with van der Waals surface area (Å²) in [6, 6.07) is 0. The first-order valence-corrected chi connectivity index (χ1v) is 6.63. The fourth-order valence-corrected chi connectivity index (χ4v) is 2.28. The molecule has 106 valence electrons. The average Bonchev–Trinajstić information content (AvgIpc) is 2.80. The summed E-state index contributed by atoms with van der Waals surface area (Å²) >= 11 is 0. The Kier molecular flexibility index (Phi) is 6.05. The van der Waals surface area contributed by atoms with Crippen LogP contribution < -0.4 is 5.73 Å². The summed E-state index contributed by atoms with van der Waals surface area (Å²) in [7, 11) is 3.45. The van der Waals surface area contributed by atoms with Gasteiger partial charge in [0.2, 0.25) is 0 Å². The molecule has 0 amide bonds. The molecule has 0 spiro atoms. The van der Waals surface area contributed by atoms with E-state index in [1.54, 1.807) is 6.92 Å². The number of hydrogen-bond donors (Lipinski definition) is 1. The Morgan fingerprint density at radius 3 is 2.89 bits per heavy atom. The largest absolute Gasteiger partial charge is 0.468 e. The molecule has 0 aliphatic carbocycles. The minimum absolute atomic E-state index is 0.343. The molecule has 1 rings (SSSR count). The summed E-state index contributed by atoms with van der Waals surface area (Å²) in [5.41, 5.74) is 5.03. The molecule has 2 unspecified atom stereocenters. The summed E-state index contributed by atoms with van der Waals surface area (Å²) in [6.07, 6.45) is 4.21. The molecule has 5 nitrogen and oxygen atoms in total. The molecule has 0 radical (unpaired) electrons. The highest BCUT2D eigenvalue weighted by molar-refractivity contribution is 5.79. The molecule has 5 heteroatoms. The smallest absolute Gasteiger partial charge is 0.325 e. The highest BCUT2D eigenvalue weighted by Gasteiger charge is 2.28. The zero-order valence-corrected chi connectivity index (χ0v) is 11.8. The van der Waals surface area contributed by atoms with Crippen LogP contribution in [0.1, 0.15) is 32.6 Å². The van der Waals surface area contributed by atoms with Crippen molar-refractivity contribution in [2.45, 2.75) is 44.2 Å². The highest BCUT2D eigenvalue weighted by atomic mass is 16.5. The molecule has 2 atom stereocenters. The van der Waals surface area contributed by atoms with Crippen molar-refractivity contribution >= 4 is 5.97 Å². The molecule has 0 bridgehead atoms. The lowest BCUT2D eigenvalue weighted by Crippen LogP contribution is -2.46. The Balaban J connectivity index is 2.18. The van der Waals surface area contributed by atoms with Crippen LogP contribution in [0.15, 0.2) is 0 Å². The van der Waals surface area contributed by atoms with E-state index >= 15 is 0 Å². The maximum absolute atomic E-state index is 11.4. The van der Waals surface area contributed by atoms with E-state index < -0.39 is 5.54 Å². The fraction of sp³-hybridized carbons (Fsp3) is 0.923. The van der Waals surface area contributed by atoms with Crippen LogP contribution in [-0.4, -0.2) is 56.4 Å². The highest BCUT2D eigenvalue weighted by Crippen LogP contribution is 2.14. The van der Waals surface area contributed by atoms with Crippen LogP contribution in [0, 0.1) is 0 Å². The third-order valence-electron chi connectivity index (χ3n) is 3.43. The monoisotopic (exact) mass is 258 g/mol. The molecule has 1 aliphatic rings. The SMILES string of the molecule is COC(=O)C(C)(N)CCCN(C)CC1CCCO1. The van der Waals surface area contributed by atoms with E-state index in [0.717, 1.165) is 32.5 Å². The second-order valence-electron chi connectivity index (χ2n) is 5.41. The third-order valence-corrected chi connectivity index (χ3v) is 3.43. The molecule has 18 heavy (non-hydrogen) atoms. The molecule has 1 fully saturated rings.